The molecule has 3 aliphatic rings. The number of aliphatic hydroxyl groups is 1. The highest BCUT2D eigenvalue weighted by molar-refractivity contribution is 6.34. The van der Waals surface area contributed by atoms with Gasteiger partial charge in [0.25, 0.3) is 5.91 Å². The monoisotopic (exact) mass is 516 g/mol. The van der Waals surface area contributed by atoms with Gasteiger partial charge in [0.1, 0.15) is 24.2 Å². The first-order valence-electron chi connectivity index (χ1n) is 12.3. The molecule has 1 N–H and O–H groups in total. The molecule has 0 radical (unpaired) electrons. The molecule has 5 atom stereocenters. The van der Waals surface area contributed by atoms with Crippen molar-refractivity contribution in [1.82, 2.24) is 4.90 Å². The van der Waals surface area contributed by atoms with Crippen LogP contribution >= 0.6 is 11.6 Å². The van der Waals surface area contributed by atoms with Gasteiger partial charge in [-0.05, 0) is 44.7 Å². The predicted molar refractivity (Wildman–Crippen MR) is 135 cm³/mol. The van der Waals surface area contributed by atoms with Crippen LogP contribution in [0.1, 0.15) is 32.6 Å². The lowest BCUT2D eigenvalue weighted by atomic mass is 9.66. The summed E-state index contributed by atoms with van der Waals surface area (Å²) in [5, 5.41) is 9.71. The third-order valence-electron chi connectivity index (χ3n) is 7.64. The highest BCUT2D eigenvalue weighted by Crippen LogP contribution is 2.63. The number of unbranched alkanes of at least 4 members (excludes halogenated alkanes) is 1. The molecule has 0 aliphatic carbocycles. The lowest BCUT2D eigenvalue weighted by molar-refractivity contribution is -0.158. The van der Waals surface area contributed by atoms with Crippen LogP contribution < -0.4 is 4.90 Å². The number of anilines is 1. The quantitative estimate of drug-likeness (QED) is 0.276. The molecule has 0 aromatic heterocycles. The molecule has 3 heterocycles. The van der Waals surface area contributed by atoms with E-state index in [0.717, 1.165) is 0 Å². The average molecular weight is 517 g/mol. The molecule has 0 saturated carbocycles. The fourth-order valence-electron chi connectivity index (χ4n) is 6.18. The zero-order valence-corrected chi connectivity index (χ0v) is 21.3. The summed E-state index contributed by atoms with van der Waals surface area (Å²) in [4.78, 5) is 44.5. The zero-order valence-electron chi connectivity index (χ0n) is 20.5. The summed E-state index contributed by atoms with van der Waals surface area (Å²) in [7, 11) is 0. The second-order valence-electron chi connectivity index (χ2n) is 9.80. The Bertz CT molecular complexity index is 1060. The molecule has 194 valence electrons. The number of benzene rings is 1. The van der Waals surface area contributed by atoms with E-state index in [-0.39, 0.29) is 38.1 Å². The SMILES string of the molecule is C=CCOC(=O)[C@@H]1[C@H]2C(=O)N(CCCCO)C(C(=O)N(CC=C)c3ccccc3Cl)C23CC[C@@]1(C)O3. The molecule has 36 heavy (non-hydrogen) atoms. The van der Waals surface area contributed by atoms with Gasteiger partial charge in [0.05, 0.1) is 22.2 Å². The number of rotatable bonds is 11. The van der Waals surface area contributed by atoms with Gasteiger partial charge in [0.2, 0.25) is 5.91 Å². The largest absolute Gasteiger partial charge is 0.461 e. The molecule has 1 aromatic rings. The van der Waals surface area contributed by atoms with E-state index in [4.69, 9.17) is 21.1 Å². The van der Waals surface area contributed by atoms with Crippen LogP contribution in [0.5, 0.6) is 0 Å². The standard InChI is InChI=1S/C27H33ClN2O6/c1-4-14-29(19-11-7-6-10-18(19)28)24(33)22-27-13-12-26(3,36-27)21(25(34)35-17-5-2)20(27)23(32)30(22)15-8-9-16-31/h4-7,10-11,20-22,31H,1-2,8-9,12-17H2,3H3/t20-,21-,22?,26+,27?/m0/s1. The van der Waals surface area contributed by atoms with Crippen molar-refractivity contribution < 1.29 is 29.0 Å². The van der Waals surface area contributed by atoms with E-state index >= 15 is 0 Å². The van der Waals surface area contributed by atoms with E-state index in [0.29, 0.717) is 36.4 Å². The smallest absolute Gasteiger partial charge is 0.313 e. The minimum absolute atomic E-state index is 0.0253. The Hall–Kier alpha value is -2.68. The molecule has 2 unspecified atom stereocenters. The highest BCUT2D eigenvalue weighted by Gasteiger charge is 2.78. The second kappa shape index (κ2) is 10.4. The number of hydrogen-bond donors (Lipinski definition) is 1. The van der Waals surface area contributed by atoms with Crippen LogP contribution in [0.25, 0.3) is 0 Å². The number of carbonyl (C=O) groups is 3. The number of esters is 1. The fourth-order valence-corrected chi connectivity index (χ4v) is 6.42. The molecule has 2 bridgehead atoms. The normalized spacial score (nSPS) is 30.2. The van der Waals surface area contributed by atoms with Crippen LogP contribution in [0, 0.1) is 11.8 Å². The van der Waals surface area contributed by atoms with Gasteiger partial charge in [0.15, 0.2) is 0 Å². The van der Waals surface area contributed by atoms with Crippen molar-refractivity contribution in [2.45, 2.75) is 49.9 Å². The summed E-state index contributed by atoms with van der Waals surface area (Å²) in [6.45, 7) is 9.66. The molecule has 4 rings (SSSR count). The number of aliphatic hydroxyl groups excluding tert-OH is 1. The number of amides is 2. The summed E-state index contributed by atoms with van der Waals surface area (Å²) in [5.74, 6) is -2.83. The van der Waals surface area contributed by atoms with Crippen LogP contribution in [0.15, 0.2) is 49.6 Å². The Labute approximate surface area is 216 Å². The van der Waals surface area contributed by atoms with Crippen molar-refractivity contribution in [3.63, 3.8) is 0 Å². The van der Waals surface area contributed by atoms with E-state index in [1.165, 1.54) is 15.9 Å². The maximum absolute atomic E-state index is 14.3. The Balaban J connectivity index is 1.78. The molecule has 3 saturated heterocycles. The second-order valence-corrected chi connectivity index (χ2v) is 10.2. The lowest BCUT2D eigenvalue weighted by Gasteiger charge is -2.37. The average Bonchev–Trinajstić information content (AvgIpc) is 3.42. The molecular formula is C27H33ClN2O6. The molecule has 1 spiro atoms. The van der Waals surface area contributed by atoms with Crippen molar-refractivity contribution in [3.05, 3.63) is 54.6 Å². The van der Waals surface area contributed by atoms with Crippen LogP contribution in [0.2, 0.25) is 5.02 Å². The van der Waals surface area contributed by atoms with Crippen LogP contribution in [-0.2, 0) is 23.9 Å². The van der Waals surface area contributed by atoms with E-state index in [9.17, 15) is 19.5 Å². The van der Waals surface area contributed by atoms with Crippen molar-refractivity contribution in [2.75, 3.05) is 31.2 Å². The molecule has 1 aromatic carbocycles. The Morgan fingerprint density at radius 2 is 2.03 bits per heavy atom. The van der Waals surface area contributed by atoms with E-state index < -0.39 is 35.0 Å². The minimum atomic E-state index is -1.17. The number of carbonyl (C=O) groups excluding carboxylic acids is 3. The first-order chi connectivity index (χ1) is 17.3. The maximum atomic E-state index is 14.3. The Kier molecular flexibility index (Phi) is 7.59. The number of fused-ring (bicyclic) bond motifs is 1. The first kappa shape index (κ1) is 26.4. The number of hydrogen-bond acceptors (Lipinski definition) is 6. The van der Waals surface area contributed by atoms with E-state index in [2.05, 4.69) is 13.2 Å². The molecule has 3 fully saturated rings. The minimum Gasteiger partial charge on any atom is -0.461 e. The predicted octanol–water partition coefficient (Wildman–Crippen LogP) is 3.13. The topological polar surface area (TPSA) is 96.4 Å². The van der Waals surface area contributed by atoms with Crippen molar-refractivity contribution >= 4 is 35.1 Å². The lowest BCUT2D eigenvalue weighted by Crippen LogP contribution is -2.56. The molecule has 2 amide bonds. The molecule has 3 aliphatic heterocycles. The van der Waals surface area contributed by atoms with Gasteiger partial charge in [-0.25, -0.2) is 0 Å². The summed E-state index contributed by atoms with van der Waals surface area (Å²) in [6.07, 6.45) is 5.05. The van der Waals surface area contributed by atoms with Gasteiger partial charge < -0.3 is 24.4 Å². The Morgan fingerprint density at radius 1 is 1.28 bits per heavy atom. The molecule has 9 heteroatoms. The van der Waals surface area contributed by atoms with Crippen molar-refractivity contribution in [3.8, 4) is 0 Å². The number of likely N-dealkylation sites (tertiary alicyclic amines) is 1. The molecule has 8 nitrogen and oxygen atoms in total. The summed E-state index contributed by atoms with van der Waals surface area (Å²) < 4.78 is 12.0. The van der Waals surface area contributed by atoms with E-state index in [1.807, 2.05) is 6.92 Å². The molecular weight excluding hydrogens is 484 g/mol. The van der Waals surface area contributed by atoms with Gasteiger partial charge in [0, 0.05) is 19.7 Å². The maximum Gasteiger partial charge on any atom is 0.313 e. The fraction of sp³-hybridized carbons (Fsp3) is 0.519. The summed E-state index contributed by atoms with van der Waals surface area (Å²) in [6, 6.07) is 6.05. The highest BCUT2D eigenvalue weighted by atomic mass is 35.5. The van der Waals surface area contributed by atoms with Gasteiger partial charge in [-0.3, -0.25) is 14.4 Å². The third kappa shape index (κ3) is 4.15. The van der Waals surface area contributed by atoms with Crippen LogP contribution in [-0.4, -0.2) is 71.3 Å². The van der Waals surface area contributed by atoms with Crippen molar-refractivity contribution in [1.29, 1.82) is 0 Å². The first-order valence-corrected chi connectivity index (χ1v) is 12.7. The zero-order chi connectivity index (χ0) is 26.1. The van der Waals surface area contributed by atoms with Crippen molar-refractivity contribution in [2.24, 2.45) is 11.8 Å². The van der Waals surface area contributed by atoms with Gasteiger partial charge in [-0.1, -0.05) is 42.5 Å². The van der Waals surface area contributed by atoms with Gasteiger partial charge in [-0.15, -0.1) is 6.58 Å². The Morgan fingerprint density at radius 3 is 2.69 bits per heavy atom. The summed E-state index contributed by atoms with van der Waals surface area (Å²) >= 11 is 6.46. The number of halogens is 1. The number of para-hydroxylation sites is 1. The third-order valence-corrected chi connectivity index (χ3v) is 7.96. The van der Waals surface area contributed by atoms with Crippen LogP contribution in [0.3, 0.4) is 0 Å². The summed E-state index contributed by atoms with van der Waals surface area (Å²) in [5.41, 5.74) is -1.57. The number of ether oxygens (including phenoxy) is 2. The van der Waals surface area contributed by atoms with Gasteiger partial charge >= 0.3 is 5.97 Å². The number of nitrogens with zero attached hydrogens (tertiary/aromatic N) is 2. The van der Waals surface area contributed by atoms with Gasteiger partial charge in [-0.2, -0.15) is 0 Å². The van der Waals surface area contributed by atoms with E-state index in [1.54, 1.807) is 30.3 Å². The van der Waals surface area contributed by atoms with Crippen LogP contribution in [0.4, 0.5) is 5.69 Å².